The van der Waals surface area contributed by atoms with Crippen molar-refractivity contribution in [3.8, 4) is 39.4 Å². The van der Waals surface area contributed by atoms with Crippen LogP contribution in [-0.4, -0.2) is 9.55 Å². The second-order valence-corrected chi connectivity index (χ2v) is 14.4. The Morgan fingerprint density at radius 3 is 1.81 bits per heavy atom. The molecule has 0 aliphatic carbocycles. The molecule has 0 unspecified atom stereocenters. The van der Waals surface area contributed by atoms with E-state index >= 15 is 0 Å². The van der Waals surface area contributed by atoms with Crippen LogP contribution >= 0.6 is 0 Å². The lowest BCUT2D eigenvalue weighted by Crippen LogP contribution is -2.11. The molecular weight excluding hydrogens is 695 g/mol. The van der Waals surface area contributed by atoms with Crippen LogP contribution in [0.25, 0.3) is 83.1 Å². The first kappa shape index (κ1) is 32.7. The van der Waals surface area contributed by atoms with E-state index in [0.29, 0.717) is 5.89 Å². The Balaban J connectivity index is 1.11. The van der Waals surface area contributed by atoms with Gasteiger partial charge in [-0.2, -0.15) is 0 Å². The standard InChI is InChI=1S/C53H35N3O/c1-4-16-36(17-5-1)43-23-12-14-26-48(43)55(42-32-33-46-45-25-13-15-27-49(45)56(50(46)35-42)40-21-8-3-9-22-40)41-30-28-37(29-31-41)47-34-39-20-10-11-24-44(39)52-51(47)54-53(57-52)38-18-6-2-7-19-38/h1-35H. The molecule has 11 rings (SSSR count). The zero-order valence-electron chi connectivity index (χ0n) is 31.0. The van der Waals surface area contributed by atoms with Crippen LogP contribution in [0.15, 0.2) is 217 Å². The fraction of sp³-hybridized carbons (Fsp3) is 0. The van der Waals surface area contributed by atoms with Crippen molar-refractivity contribution in [2.75, 3.05) is 4.90 Å². The minimum Gasteiger partial charge on any atom is -0.435 e. The highest BCUT2D eigenvalue weighted by atomic mass is 16.3. The largest absolute Gasteiger partial charge is 0.435 e. The molecule has 0 spiro atoms. The molecule has 0 amide bonds. The molecule has 0 saturated carbocycles. The quantitative estimate of drug-likeness (QED) is 0.164. The summed E-state index contributed by atoms with van der Waals surface area (Å²) in [5.74, 6) is 0.617. The van der Waals surface area contributed by atoms with E-state index in [1.165, 1.54) is 16.3 Å². The van der Waals surface area contributed by atoms with Gasteiger partial charge in [-0.25, -0.2) is 4.98 Å². The Morgan fingerprint density at radius 1 is 0.421 bits per heavy atom. The van der Waals surface area contributed by atoms with E-state index in [4.69, 9.17) is 9.40 Å². The minimum absolute atomic E-state index is 0.617. The van der Waals surface area contributed by atoms with Gasteiger partial charge >= 0.3 is 0 Å². The fourth-order valence-electron chi connectivity index (χ4n) is 8.36. The molecule has 9 aromatic carbocycles. The van der Waals surface area contributed by atoms with Gasteiger partial charge < -0.3 is 13.9 Å². The van der Waals surface area contributed by atoms with Gasteiger partial charge in [0.25, 0.3) is 0 Å². The zero-order chi connectivity index (χ0) is 37.7. The zero-order valence-corrected chi connectivity index (χ0v) is 31.0. The van der Waals surface area contributed by atoms with E-state index < -0.39 is 0 Å². The van der Waals surface area contributed by atoms with Gasteiger partial charge in [0.1, 0.15) is 5.52 Å². The Hall–Kier alpha value is -7.69. The lowest BCUT2D eigenvalue weighted by molar-refractivity contribution is 0.623. The molecule has 2 heterocycles. The summed E-state index contributed by atoms with van der Waals surface area (Å²) in [5, 5.41) is 4.61. The van der Waals surface area contributed by atoms with Crippen LogP contribution in [0.3, 0.4) is 0 Å². The van der Waals surface area contributed by atoms with Crippen molar-refractivity contribution in [3.63, 3.8) is 0 Å². The number of hydrogen-bond donors (Lipinski definition) is 0. The topological polar surface area (TPSA) is 34.2 Å². The van der Waals surface area contributed by atoms with Crippen molar-refractivity contribution in [1.82, 2.24) is 9.55 Å². The number of para-hydroxylation sites is 3. The van der Waals surface area contributed by atoms with Crippen molar-refractivity contribution in [1.29, 1.82) is 0 Å². The van der Waals surface area contributed by atoms with E-state index in [-0.39, 0.29) is 0 Å². The smallest absolute Gasteiger partial charge is 0.227 e. The minimum atomic E-state index is 0.617. The molecule has 11 aromatic rings. The van der Waals surface area contributed by atoms with Crippen LogP contribution < -0.4 is 4.90 Å². The number of rotatable bonds is 7. The predicted octanol–water partition coefficient (Wildman–Crippen LogP) is 14.5. The molecule has 0 bridgehead atoms. The Labute approximate surface area is 330 Å². The van der Waals surface area contributed by atoms with Gasteiger partial charge in [0.2, 0.25) is 5.89 Å². The molecule has 0 aliphatic heterocycles. The summed E-state index contributed by atoms with van der Waals surface area (Å²) in [6.45, 7) is 0. The first-order valence-electron chi connectivity index (χ1n) is 19.3. The molecule has 0 saturated heterocycles. The fourth-order valence-corrected chi connectivity index (χ4v) is 8.36. The van der Waals surface area contributed by atoms with Gasteiger partial charge in [-0.3, -0.25) is 0 Å². The Bertz CT molecular complexity index is 3220. The molecule has 4 heteroatoms. The SMILES string of the molecule is c1ccc(-c2nc3c(-c4ccc(N(c5ccc6c7ccccc7n(-c7ccccc7)c6c5)c5ccccc5-c5ccccc5)cc4)cc4ccccc4c3o2)cc1. The van der Waals surface area contributed by atoms with Gasteiger partial charge in [0.15, 0.2) is 5.58 Å². The van der Waals surface area contributed by atoms with Crippen LogP contribution in [0, 0.1) is 0 Å². The summed E-state index contributed by atoms with van der Waals surface area (Å²) in [6, 6.07) is 75.2. The van der Waals surface area contributed by atoms with Crippen LogP contribution in [0.5, 0.6) is 0 Å². The number of fused-ring (bicyclic) bond motifs is 6. The average molecular weight is 730 g/mol. The van der Waals surface area contributed by atoms with E-state index in [2.05, 4.69) is 191 Å². The molecule has 57 heavy (non-hydrogen) atoms. The third-order valence-corrected chi connectivity index (χ3v) is 11.0. The summed E-state index contributed by atoms with van der Waals surface area (Å²) in [5.41, 5.74) is 13.7. The molecular formula is C53H35N3O. The molecule has 0 N–H and O–H groups in total. The van der Waals surface area contributed by atoms with Crippen LogP contribution in [0.2, 0.25) is 0 Å². The van der Waals surface area contributed by atoms with E-state index in [9.17, 15) is 0 Å². The van der Waals surface area contributed by atoms with Crippen molar-refractivity contribution in [3.05, 3.63) is 212 Å². The normalized spacial score (nSPS) is 11.5. The summed E-state index contributed by atoms with van der Waals surface area (Å²) in [4.78, 5) is 7.50. The number of nitrogens with zero attached hydrogens (tertiary/aromatic N) is 3. The second kappa shape index (κ2) is 13.6. The number of hydrogen-bond acceptors (Lipinski definition) is 3. The number of aromatic nitrogens is 2. The number of anilines is 3. The van der Waals surface area contributed by atoms with Crippen molar-refractivity contribution < 1.29 is 4.42 Å². The lowest BCUT2D eigenvalue weighted by atomic mass is 9.98. The van der Waals surface area contributed by atoms with Crippen molar-refractivity contribution >= 4 is 60.7 Å². The molecule has 0 aliphatic rings. The number of benzene rings is 9. The monoisotopic (exact) mass is 729 g/mol. The van der Waals surface area contributed by atoms with E-state index in [0.717, 1.165) is 78.0 Å². The summed E-state index contributed by atoms with van der Waals surface area (Å²) in [7, 11) is 0. The van der Waals surface area contributed by atoms with Crippen molar-refractivity contribution in [2.45, 2.75) is 0 Å². The maximum Gasteiger partial charge on any atom is 0.227 e. The highest BCUT2D eigenvalue weighted by Crippen LogP contribution is 2.44. The average Bonchev–Trinajstić information content (AvgIpc) is 3.88. The molecule has 2 aromatic heterocycles. The third kappa shape index (κ3) is 5.58. The Morgan fingerprint density at radius 2 is 1.02 bits per heavy atom. The molecule has 4 nitrogen and oxygen atoms in total. The summed E-state index contributed by atoms with van der Waals surface area (Å²) >= 11 is 0. The predicted molar refractivity (Wildman–Crippen MR) is 237 cm³/mol. The Kier molecular flexibility index (Phi) is 7.78. The summed E-state index contributed by atoms with van der Waals surface area (Å²) in [6.07, 6.45) is 0. The van der Waals surface area contributed by atoms with Crippen LogP contribution in [-0.2, 0) is 0 Å². The van der Waals surface area contributed by atoms with Gasteiger partial charge in [0, 0.05) is 49.9 Å². The summed E-state index contributed by atoms with van der Waals surface area (Å²) < 4.78 is 8.92. The molecule has 268 valence electrons. The first-order chi connectivity index (χ1) is 28.3. The highest BCUT2D eigenvalue weighted by molar-refractivity contribution is 6.11. The van der Waals surface area contributed by atoms with Crippen molar-refractivity contribution in [2.24, 2.45) is 0 Å². The molecule has 0 fully saturated rings. The van der Waals surface area contributed by atoms with Gasteiger partial charge in [0.05, 0.1) is 16.7 Å². The van der Waals surface area contributed by atoms with Crippen LogP contribution in [0.1, 0.15) is 0 Å². The third-order valence-electron chi connectivity index (χ3n) is 11.0. The first-order valence-corrected chi connectivity index (χ1v) is 19.3. The lowest BCUT2D eigenvalue weighted by Gasteiger charge is -2.28. The van der Waals surface area contributed by atoms with Crippen LogP contribution in [0.4, 0.5) is 17.1 Å². The maximum absolute atomic E-state index is 6.54. The second-order valence-electron chi connectivity index (χ2n) is 14.4. The molecule has 0 atom stereocenters. The van der Waals surface area contributed by atoms with Gasteiger partial charge in [-0.05, 0) is 83.2 Å². The van der Waals surface area contributed by atoms with E-state index in [1.807, 2.05) is 30.3 Å². The van der Waals surface area contributed by atoms with E-state index in [1.54, 1.807) is 0 Å². The molecule has 0 radical (unpaired) electrons. The maximum atomic E-state index is 6.54. The van der Waals surface area contributed by atoms with Gasteiger partial charge in [-0.1, -0.05) is 146 Å². The number of oxazole rings is 1. The van der Waals surface area contributed by atoms with Gasteiger partial charge in [-0.15, -0.1) is 0 Å². The highest BCUT2D eigenvalue weighted by Gasteiger charge is 2.21.